The molecule has 0 amide bonds. The quantitative estimate of drug-likeness (QED) is 0.786. The molecule has 0 fully saturated rings. The molecular formula is C12H20BrN3S. The fourth-order valence-corrected chi connectivity index (χ4v) is 2.66. The lowest BCUT2D eigenvalue weighted by atomic mass is 10.2. The average molecular weight is 318 g/mol. The maximum absolute atomic E-state index is 5.79. The summed E-state index contributed by atoms with van der Waals surface area (Å²) in [6, 6.07) is 0.417. The largest absolute Gasteiger partial charge is 0.397 e. The number of pyridine rings is 1. The van der Waals surface area contributed by atoms with E-state index in [-0.39, 0.29) is 0 Å². The summed E-state index contributed by atoms with van der Waals surface area (Å²) < 4.78 is 0.965. The maximum Gasteiger partial charge on any atom is 0.140 e. The number of hydrogen-bond donors (Lipinski definition) is 2. The van der Waals surface area contributed by atoms with Crippen molar-refractivity contribution in [2.75, 3.05) is 22.6 Å². The zero-order valence-corrected chi connectivity index (χ0v) is 13.0. The molecule has 3 N–H and O–H groups in total. The molecule has 5 heteroatoms. The van der Waals surface area contributed by atoms with Gasteiger partial charge in [-0.15, -0.1) is 0 Å². The molecule has 0 spiro atoms. The molecule has 0 saturated carbocycles. The molecule has 96 valence electrons. The van der Waals surface area contributed by atoms with Gasteiger partial charge in [0.05, 0.1) is 16.4 Å². The van der Waals surface area contributed by atoms with E-state index < -0.39 is 0 Å². The summed E-state index contributed by atoms with van der Waals surface area (Å²) in [6.07, 6.45) is 2.84. The Morgan fingerprint density at radius 3 is 2.94 bits per heavy atom. The third kappa shape index (κ3) is 4.39. The van der Waals surface area contributed by atoms with Gasteiger partial charge in [0.25, 0.3) is 0 Å². The predicted molar refractivity (Wildman–Crippen MR) is 81.8 cm³/mol. The van der Waals surface area contributed by atoms with Crippen LogP contribution in [0.2, 0.25) is 0 Å². The number of thioether (sulfide) groups is 1. The summed E-state index contributed by atoms with van der Waals surface area (Å²) in [5.41, 5.74) is 7.55. The van der Waals surface area contributed by atoms with Gasteiger partial charge in [-0.1, -0.05) is 6.92 Å². The maximum atomic E-state index is 5.79. The standard InChI is InChI=1S/C12H20BrN3S/c1-4-17-6-5-8(2)16-12-11(13)9(3)10(14)7-15-12/h7-8H,4-6,14H2,1-3H3,(H,15,16). The van der Waals surface area contributed by atoms with Gasteiger partial charge in [0.15, 0.2) is 0 Å². The van der Waals surface area contributed by atoms with Crippen LogP contribution in [-0.4, -0.2) is 22.5 Å². The van der Waals surface area contributed by atoms with Crippen molar-refractivity contribution in [1.29, 1.82) is 0 Å². The van der Waals surface area contributed by atoms with Gasteiger partial charge >= 0.3 is 0 Å². The lowest BCUT2D eigenvalue weighted by Gasteiger charge is -2.16. The molecule has 3 nitrogen and oxygen atoms in total. The van der Waals surface area contributed by atoms with Gasteiger partial charge in [-0.2, -0.15) is 11.8 Å². The van der Waals surface area contributed by atoms with E-state index in [1.807, 2.05) is 18.7 Å². The summed E-state index contributed by atoms with van der Waals surface area (Å²) in [4.78, 5) is 4.32. The van der Waals surface area contributed by atoms with Crippen molar-refractivity contribution in [3.05, 3.63) is 16.2 Å². The molecule has 0 aliphatic rings. The first kappa shape index (κ1) is 14.6. The van der Waals surface area contributed by atoms with Crippen molar-refractivity contribution in [2.45, 2.75) is 33.2 Å². The topological polar surface area (TPSA) is 50.9 Å². The van der Waals surface area contributed by atoms with Crippen LogP contribution < -0.4 is 11.1 Å². The highest BCUT2D eigenvalue weighted by Gasteiger charge is 2.09. The monoisotopic (exact) mass is 317 g/mol. The molecule has 0 bridgehead atoms. The van der Waals surface area contributed by atoms with Crippen molar-refractivity contribution >= 4 is 39.2 Å². The van der Waals surface area contributed by atoms with Gasteiger partial charge < -0.3 is 11.1 Å². The molecule has 0 aliphatic heterocycles. The first-order chi connectivity index (χ1) is 8.06. The van der Waals surface area contributed by atoms with Gasteiger partial charge in [0, 0.05) is 6.04 Å². The van der Waals surface area contributed by atoms with Crippen molar-refractivity contribution in [3.8, 4) is 0 Å². The van der Waals surface area contributed by atoms with Crippen molar-refractivity contribution in [3.63, 3.8) is 0 Å². The van der Waals surface area contributed by atoms with Crippen molar-refractivity contribution < 1.29 is 0 Å². The van der Waals surface area contributed by atoms with Crippen LogP contribution in [0.1, 0.15) is 25.8 Å². The summed E-state index contributed by atoms with van der Waals surface area (Å²) >= 11 is 5.50. The van der Waals surface area contributed by atoms with Gasteiger partial charge in [0.2, 0.25) is 0 Å². The summed E-state index contributed by atoms with van der Waals surface area (Å²) in [6.45, 7) is 6.35. The third-order valence-corrected chi connectivity index (χ3v) is 4.49. The van der Waals surface area contributed by atoms with Gasteiger partial charge in [-0.3, -0.25) is 0 Å². The fourth-order valence-electron chi connectivity index (χ4n) is 1.40. The number of nitrogen functional groups attached to an aromatic ring is 1. The third-order valence-electron chi connectivity index (χ3n) is 2.59. The minimum Gasteiger partial charge on any atom is -0.397 e. The molecule has 0 saturated heterocycles. The Balaban J connectivity index is 2.59. The second kappa shape index (κ2) is 7.11. The molecule has 0 aliphatic carbocycles. The lowest BCUT2D eigenvalue weighted by molar-refractivity contribution is 0.765. The van der Waals surface area contributed by atoms with Crippen LogP contribution in [0.15, 0.2) is 10.7 Å². The number of hydrogen-bond acceptors (Lipinski definition) is 4. The van der Waals surface area contributed by atoms with Crippen LogP contribution in [0.25, 0.3) is 0 Å². The zero-order valence-electron chi connectivity index (χ0n) is 10.6. The number of anilines is 2. The Labute approximate surface area is 116 Å². The van der Waals surface area contributed by atoms with Gasteiger partial charge in [0.1, 0.15) is 5.82 Å². The molecule has 0 radical (unpaired) electrons. The highest BCUT2D eigenvalue weighted by Crippen LogP contribution is 2.28. The SMILES string of the molecule is CCSCCC(C)Nc1ncc(N)c(C)c1Br. The van der Waals surface area contributed by atoms with E-state index >= 15 is 0 Å². The van der Waals surface area contributed by atoms with E-state index in [1.54, 1.807) is 6.20 Å². The Hall–Kier alpha value is -0.420. The van der Waals surface area contributed by atoms with Crippen LogP contribution >= 0.6 is 27.7 Å². The summed E-state index contributed by atoms with van der Waals surface area (Å²) in [5.74, 6) is 3.23. The van der Waals surface area contributed by atoms with Crippen molar-refractivity contribution in [1.82, 2.24) is 4.98 Å². The molecule has 1 aromatic rings. The lowest BCUT2D eigenvalue weighted by Crippen LogP contribution is -2.17. The molecule has 17 heavy (non-hydrogen) atoms. The van der Waals surface area contributed by atoms with Crippen molar-refractivity contribution in [2.24, 2.45) is 0 Å². The van der Waals surface area contributed by atoms with Crippen LogP contribution in [0.5, 0.6) is 0 Å². The van der Waals surface area contributed by atoms with Crippen LogP contribution in [0.3, 0.4) is 0 Å². The molecule has 1 heterocycles. The van der Waals surface area contributed by atoms with Crippen LogP contribution in [0.4, 0.5) is 11.5 Å². The van der Waals surface area contributed by atoms with E-state index in [1.165, 1.54) is 11.5 Å². The molecular weight excluding hydrogens is 298 g/mol. The molecule has 0 aromatic carbocycles. The minimum absolute atomic E-state index is 0.417. The second-order valence-corrected chi connectivity index (χ2v) is 6.22. The van der Waals surface area contributed by atoms with E-state index in [0.29, 0.717) is 6.04 Å². The second-order valence-electron chi connectivity index (χ2n) is 4.03. The van der Waals surface area contributed by atoms with Crippen LogP contribution in [0, 0.1) is 6.92 Å². The number of aromatic nitrogens is 1. The highest BCUT2D eigenvalue weighted by molar-refractivity contribution is 9.10. The van der Waals surface area contributed by atoms with Crippen LogP contribution in [-0.2, 0) is 0 Å². The fraction of sp³-hybridized carbons (Fsp3) is 0.583. The molecule has 1 unspecified atom stereocenters. The molecule has 1 rings (SSSR count). The number of nitrogens with two attached hydrogens (primary N) is 1. The Morgan fingerprint density at radius 2 is 2.29 bits per heavy atom. The van der Waals surface area contributed by atoms with Gasteiger partial charge in [-0.05, 0) is 53.3 Å². The average Bonchev–Trinajstić information content (AvgIpc) is 2.30. The normalized spacial score (nSPS) is 12.5. The Bertz CT molecular complexity index is 371. The number of rotatable bonds is 6. The Morgan fingerprint density at radius 1 is 1.59 bits per heavy atom. The number of nitrogens with zero attached hydrogens (tertiary/aromatic N) is 1. The first-order valence-electron chi connectivity index (χ1n) is 5.81. The van der Waals surface area contributed by atoms with E-state index in [2.05, 4.69) is 40.1 Å². The Kier molecular flexibility index (Phi) is 6.12. The van der Waals surface area contributed by atoms with E-state index in [0.717, 1.165) is 28.0 Å². The molecule has 1 atom stereocenters. The van der Waals surface area contributed by atoms with Gasteiger partial charge in [-0.25, -0.2) is 4.98 Å². The highest BCUT2D eigenvalue weighted by atomic mass is 79.9. The van der Waals surface area contributed by atoms with E-state index in [9.17, 15) is 0 Å². The zero-order chi connectivity index (χ0) is 12.8. The predicted octanol–water partition coefficient (Wildman–Crippen LogP) is 3.68. The smallest absolute Gasteiger partial charge is 0.140 e. The first-order valence-corrected chi connectivity index (χ1v) is 7.75. The summed E-state index contributed by atoms with van der Waals surface area (Å²) in [5, 5.41) is 3.41. The number of halogens is 1. The number of nitrogens with one attached hydrogen (secondary N) is 1. The van der Waals surface area contributed by atoms with E-state index in [4.69, 9.17) is 5.73 Å². The summed E-state index contributed by atoms with van der Waals surface area (Å²) in [7, 11) is 0. The molecule has 1 aromatic heterocycles. The minimum atomic E-state index is 0.417.